The first-order valence-electron chi connectivity index (χ1n) is 7.52. The molecule has 0 aliphatic carbocycles. The third-order valence-corrected chi connectivity index (χ3v) is 4.01. The fourth-order valence-corrected chi connectivity index (χ4v) is 2.74. The van der Waals surface area contributed by atoms with Crippen LogP contribution in [0, 0.1) is 11.8 Å². The van der Waals surface area contributed by atoms with Crippen molar-refractivity contribution in [1.82, 2.24) is 5.32 Å². The molecule has 1 heterocycles. The van der Waals surface area contributed by atoms with Gasteiger partial charge in [-0.2, -0.15) is 13.2 Å². The molecule has 1 aliphatic heterocycles. The molecule has 0 bridgehead atoms. The van der Waals surface area contributed by atoms with Gasteiger partial charge in [-0.15, -0.1) is 0 Å². The number of fused-ring (bicyclic) bond motifs is 1. The number of halogens is 4. The Hall–Kier alpha value is -2.91. The molecule has 132 valence electrons. The quantitative estimate of drug-likeness (QED) is 0.679. The molecule has 0 aromatic heterocycles. The van der Waals surface area contributed by atoms with Crippen LogP contribution in [0.4, 0.5) is 23.7 Å². The van der Waals surface area contributed by atoms with Crippen LogP contribution in [0.2, 0.25) is 5.02 Å². The first kappa shape index (κ1) is 17.9. The summed E-state index contributed by atoms with van der Waals surface area (Å²) in [5.41, 5.74) is -2.30. The lowest BCUT2D eigenvalue weighted by Crippen LogP contribution is -2.59. The molecule has 0 saturated heterocycles. The summed E-state index contributed by atoms with van der Waals surface area (Å²) < 4.78 is 41.8. The molecule has 2 aromatic rings. The van der Waals surface area contributed by atoms with Crippen molar-refractivity contribution < 1.29 is 18.0 Å². The molecule has 2 N–H and O–H groups in total. The Balaban J connectivity index is 2.08. The molecule has 26 heavy (non-hydrogen) atoms. The smallest absolute Gasteiger partial charge is 0.310 e. The highest BCUT2D eigenvalue weighted by Gasteiger charge is 2.59. The van der Waals surface area contributed by atoms with Crippen molar-refractivity contribution >= 4 is 29.4 Å². The number of benzene rings is 2. The number of allylic oxidation sites excluding steroid dienone is 1. The van der Waals surface area contributed by atoms with E-state index in [-0.39, 0.29) is 16.3 Å². The lowest BCUT2D eigenvalue weighted by molar-refractivity contribution is -0.178. The van der Waals surface area contributed by atoms with Gasteiger partial charge in [0.05, 0.1) is 0 Å². The zero-order valence-corrected chi connectivity index (χ0v) is 13.9. The molecule has 0 saturated carbocycles. The van der Waals surface area contributed by atoms with Gasteiger partial charge in [0.1, 0.15) is 0 Å². The van der Waals surface area contributed by atoms with Gasteiger partial charge in [-0.05, 0) is 35.9 Å². The fraction of sp³-hybridized carbons (Fsp3) is 0.105. The van der Waals surface area contributed by atoms with E-state index in [4.69, 9.17) is 11.6 Å². The van der Waals surface area contributed by atoms with Crippen molar-refractivity contribution in [1.29, 1.82) is 0 Å². The number of hydrogen-bond donors (Lipinski definition) is 2. The molecule has 0 unspecified atom stereocenters. The van der Waals surface area contributed by atoms with Gasteiger partial charge in [-0.3, -0.25) is 0 Å². The van der Waals surface area contributed by atoms with E-state index in [0.29, 0.717) is 0 Å². The summed E-state index contributed by atoms with van der Waals surface area (Å²) in [6.07, 6.45) is -1.96. The van der Waals surface area contributed by atoms with E-state index in [1.165, 1.54) is 18.2 Å². The van der Waals surface area contributed by atoms with E-state index in [9.17, 15) is 18.0 Å². The number of amides is 2. The van der Waals surface area contributed by atoms with E-state index >= 15 is 0 Å². The number of urea groups is 1. The summed E-state index contributed by atoms with van der Waals surface area (Å²) in [6, 6.07) is 11.9. The van der Waals surface area contributed by atoms with Crippen LogP contribution < -0.4 is 10.6 Å². The molecule has 2 amide bonds. The summed E-state index contributed by atoms with van der Waals surface area (Å²) in [7, 11) is 0. The van der Waals surface area contributed by atoms with Crippen LogP contribution in [0.3, 0.4) is 0 Å². The van der Waals surface area contributed by atoms with Crippen LogP contribution in [0.5, 0.6) is 0 Å². The lowest BCUT2D eigenvalue weighted by Gasteiger charge is -2.37. The molecule has 3 rings (SSSR count). The first-order chi connectivity index (χ1) is 12.3. The standard InChI is InChI=1S/C19H12ClF3N2O/c20-14-9-10-16-15(12-14)18(19(21,22)23,25-17(26)24-16)11-5-4-8-13-6-2-1-3-7-13/h1-4,6-10,12H,(H2,24,25,26)/b8-4+/t18-/m0/s1. The van der Waals surface area contributed by atoms with Crippen molar-refractivity contribution in [3.8, 4) is 11.8 Å². The summed E-state index contributed by atoms with van der Waals surface area (Å²) in [6.45, 7) is 0. The molecule has 0 radical (unpaired) electrons. The van der Waals surface area contributed by atoms with E-state index in [1.54, 1.807) is 30.3 Å². The number of alkyl halides is 3. The van der Waals surface area contributed by atoms with E-state index in [1.807, 2.05) is 11.4 Å². The zero-order chi connectivity index (χ0) is 18.8. The zero-order valence-electron chi connectivity index (χ0n) is 13.2. The Kier molecular flexibility index (Phi) is 4.66. The molecular formula is C19H12ClF3N2O. The highest BCUT2D eigenvalue weighted by atomic mass is 35.5. The number of hydrogen-bond acceptors (Lipinski definition) is 1. The Morgan fingerprint density at radius 2 is 1.85 bits per heavy atom. The maximum Gasteiger partial charge on any atom is 0.427 e. The predicted molar refractivity (Wildman–Crippen MR) is 94.6 cm³/mol. The third-order valence-electron chi connectivity index (χ3n) is 3.78. The van der Waals surface area contributed by atoms with Gasteiger partial charge in [0, 0.05) is 16.3 Å². The average Bonchev–Trinajstić information content (AvgIpc) is 2.59. The largest absolute Gasteiger partial charge is 0.427 e. The topological polar surface area (TPSA) is 41.1 Å². The van der Waals surface area contributed by atoms with Gasteiger partial charge >= 0.3 is 12.2 Å². The van der Waals surface area contributed by atoms with Crippen molar-refractivity contribution in [2.45, 2.75) is 11.7 Å². The highest BCUT2D eigenvalue weighted by Crippen LogP contribution is 2.44. The molecule has 1 aliphatic rings. The van der Waals surface area contributed by atoms with Crippen molar-refractivity contribution in [3.63, 3.8) is 0 Å². The number of nitrogens with one attached hydrogen (secondary N) is 2. The van der Waals surface area contributed by atoms with E-state index < -0.39 is 17.7 Å². The maximum atomic E-state index is 13.9. The van der Waals surface area contributed by atoms with Crippen LogP contribution in [0.15, 0.2) is 54.6 Å². The molecule has 1 atom stereocenters. The van der Waals surface area contributed by atoms with Crippen molar-refractivity contribution in [2.75, 3.05) is 5.32 Å². The number of anilines is 1. The van der Waals surface area contributed by atoms with Crippen LogP contribution in [-0.2, 0) is 5.54 Å². The van der Waals surface area contributed by atoms with Crippen molar-refractivity contribution in [3.05, 3.63) is 70.8 Å². The third kappa shape index (κ3) is 3.39. The van der Waals surface area contributed by atoms with Crippen molar-refractivity contribution in [2.24, 2.45) is 0 Å². The highest BCUT2D eigenvalue weighted by molar-refractivity contribution is 6.30. The maximum absolute atomic E-state index is 13.9. The second kappa shape index (κ2) is 6.77. The number of carbonyl (C=O) groups excluding carboxylic acids is 1. The molecule has 7 heteroatoms. The normalized spacial score (nSPS) is 19.2. The first-order valence-corrected chi connectivity index (χ1v) is 7.90. The average molecular weight is 377 g/mol. The summed E-state index contributed by atoms with van der Waals surface area (Å²) in [5.74, 6) is 4.56. The minimum Gasteiger partial charge on any atom is -0.310 e. The van der Waals surface area contributed by atoms with Gasteiger partial charge in [0.25, 0.3) is 0 Å². The monoisotopic (exact) mass is 376 g/mol. The van der Waals surface area contributed by atoms with Gasteiger partial charge in [-0.25, -0.2) is 4.79 Å². The Morgan fingerprint density at radius 3 is 2.54 bits per heavy atom. The lowest BCUT2D eigenvalue weighted by atomic mass is 9.86. The van der Waals surface area contributed by atoms with Gasteiger partial charge < -0.3 is 10.6 Å². The summed E-state index contributed by atoms with van der Waals surface area (Å²) in [4.78, 5) is 11.8. The minimum absolute atomic E-state index is 0.0109. The molecular weight excluding hydrogens is 365 g/mol. The molecule has 2 aromatic carbocycles. The van der Waals surface area contributed by atoms with Crippen LogP contribution in [-0.4, -0.2) is 12.2 Å². The van der Waals surface area contributed by atoms with Gasteiger partial charge in [-0.1, -0.05) is 53.8 Å². The predicted octanol–water partition coefficient (Wildman–Crippen LogP) is 4.95. The van der Waals surface area contributed by atoms with Crippen LogP contribution in [0.1, 0.15) is 11.1 Å². The second-order valence-electron chi connectivity index (χ2n) is 5.53. The Bertz CT molecular complexity index is 929. The molecule has 0 fully saturated rings. The SMILES string of the molecule is O=C1Nc2ccc(Cl)cc2[C@@](C#C/C=C/c2ccccc2)(C(F)(F)F)N1. The summed E-state index contributed by atoms with van der Waals surface area (Å²) >= 11 is 5.86. The summed E-state index contributed by atoms with van der Waals surface area (Å²) in [5, 5.41) is 4.35. The van der Waals surface area contributed by atoms with E-state index in [2.05, 4.69) is 17.2 Å². The molecule has 3 nitrogen and oxygen atoms in total. The van der Waals surface area contributed by atoms with Crippen LogP contribution >= 0.6 is 11.6 Å². The Morgan fingerprint density at radius 1 is 1.12 bits per heavy atom. The Labute approximate surface area is 152 Å². The minimum atomic E-state index is -4.85. The van der Waals surface area contributed by atoms with E-state index in [0.717, 1.165) is 11.6 Å². The van der Waals surface area contributed by atoms with Gasteiger partial charge in [0.2, 0.25) is 5.54 Å². The van der Waals surface area contributed by atoms with Gasteiger partial charge in [0.15, 0.2) is 0 Å². The van der Waals surface area contributed by atoms with Crippen LogP contribution in [0.25, 0.3) is 6.08 Å². The fourth-order valence-electron chi connectivity index (χ4n) is 2.57. The second-order valence-corrected chi connectivity index (χ2v) is 5.97. The number of rotatable bonds is 1. The number of carbonyl (C=O) groups is 1. The molecule has 0 spiro atoms.